The summed E-state index contributed by atoms with van der Waals surface area (Å²) < 4.78 is 6.11. The first kappa shape index (κ1) is 15.2. The van der Waals surface area contributed by atoms with Gasteiger partial charge in [-0.3, -0.25) is 0 Å². The van der Waals surface area contributed by atoms with Crippen LogP contribution in [-0.4, -0.2) is 41.5 Å². The minimum Gasteiger partial charge on any atom is -0.375 e. The van der Waals surface area contributed by atoms with Crippen LogP contribution in [0.25, 0.3) is 10.9 Å². The van der Waals surface area contributed by atoms with Gasteiger partial charge in [0.2, 0.25) is 0 Å². The molecular weight excluding hydrogens is 306 g/mol. The smallest absolute Gasteiger partial charge is 0.139 e. The van der Waals surface area contributed by atoms with Crippen LogP contribution >= 0.6 is 11.8 Å². The lowest BCUT2D eigenvalue weighted by atomic mass is 9.92. The van der Waals surface area contributed by atoms with Crippen LogP contribution in [-0.2, 0) is 4.74 Å². The van der Waals surface area contributed by atoms with Crippen molar-refractivity contribution < 1.29 is 4.74 Å². The molecule has 1 aromatic heterocycles. The number of thioether (sulfide) groups is 1. The molecule has 1 spiro atoms. The molecule has 5 heteroatoms. The van der Waals surface area contributed by atoms with Crippen LogP contribution in [0.4, 0.5) is 5.82 Å². The van der Waals surface area contributed by atoms with Crippen molar-refractivity contribution >= 4 is 28.5 Å². The van der Waals surface area contributed by atoms with Gasteiger partial charge in [-0.25, -0.2) is 9.97 Å². The summed E-state index contributed by atoms with van der Waals surface area (Å²) in [6.07, 6.45) is 9.72. The molecular formula is C18H23N3OS. The van der Waals surface area contributed by atoms with Gasteiger partial charge in [0.05, 0.1) is 11.1 Å². The Kier molecular flexibility index (Phi) is 4.16. The van der Waals surface area contributed by atoms with Crippen LogP contribution in [0.5, 0.6) is 0 Å². The molecule has 3 heterocycles. The van der Waals surface area contributed by atoms with E-state index < -0.39 is 0 Å². The number of benzene rings is 1. The molecule has 0 aliphatic carbocycles. The molecule has 1 unspecified atom stereocenters. The highest BCUT2D eigenvalue weighted by molar-refractivity contribution is 7.98. The summed E-state index contributed by atoms with van der Waals surface area (Å²) in [6.45, 7) is 3.02. The Morgan fingerprint density at radius 2 is 2.04 bits per heavy atom. The highest BCUT2D eigenvalue weighted by atomic mass is 32.2. The number of hydrogen-bond donors (Lipinski definition) is 0. The quantitative estimate of drug-likeness (QED) is 0.782. The SMILES string of the molecule is CSc1ccc2ncnc(N3CCCC4(CCCO4)CC3)c2c1. The van der Waals surface area contributed by atoms with Crippen molar-refractivity contribution in [3.63, 3.8) is 0 Å². The van der Waals surface area contributed by atoms with Gasteiger partial charge >= 0.3 is 0 Å². The van der Waals surface area contributed by atoms with Crippen LogP contribution in [0.3, 0.4) is 0 Å². The van der Waals surface area contributed by atoms with Gasteiger partial charge < -0.3 is 9.64 Å². The fourth-order valence-corrected chi connectivity index (χ4v) is 4.37. The summed E-state index contributed by atoms with van der Waals surface area (Å²) in [5.41, 5.74) is 1.17. The topological polar surface area (TPSA) is 38.2 Å². The second-order valence-electron chi connectivity index (χ2n) is 6.56. The summed E-state index contributed by atoms with van der Waals surface area (Å²) in [5, 5.41) is 1.17. The number of rotatable bonds is 2. The monoisotopic (exact) mass is 329 g/mol. The second kappa shape index (κ2) is 6.29. The summed E-state index contributed by atoms with van der Waals surface area (Å²) in [7, 11) is 0. The lowest BCUT2D eigenvalue weighted by molar-refractivity contribution is -0.00492. The van der Waals surface area contributed by atoms with E-state index >= 15 is 0 Å². The van der Waals surface area contributed by atoms with Gasteiger partial charge in [0.25, 0.3) is 0 Å². The minimum absolute atomic E-state index is 0.141. The van der Waals surface area contributed by atoms with Gasteiger partial charge in [-0.2, -0.15) is 0 Å². The third kappa shape index (κ3) is 2.92. The van der Waals surface area contributed by atoms with Crippen molar-refractivity contribution in [1.29, 1.82) is 0 Å². The van der Waals surface area contributed by atoms with Gasteiger partial charge in [0, 0.05) is 30.0 Å². The van der Waals surface area contributed by atoms with E-state index in [9.17, 15) is 0 Å². The van der Waals surface area contributed by atoms with E-state index in [4.69, 9.17) is 4.74 Å². The van der Waals surface area contributed by atoms with E-state index in [0.29, 0.717) is 0 Å². The van der Waals surface area contributed by atoms with Gasteiger partial charge in [0.15, 0.2) is 0 Å². The van der Waals surface area contributed by atoms with Gasteiger partial charge in [-0.1, -0.05) is 0 Å². The Balaban J connectivity index is 1.65. The average Bonchev–Trinajstić information content (AvgIpc) is 2.95. The minimum atomic E-state index is 0.141. The van der Waals surface area contributed by atoms with Crippen molar-refractivity contribution in [1.82, 2.24) is 9.97 Å². The van der Waals surface area contributed by atoms with Gasteiger partial charge in [-0.15, -0.1) is 11.8 Å². The number of hydrogen-bond acceptors (Lipinski definition) is 5. The Bertz CT molecular complexity index is 700. The number of ether oxygens (including phenoxy) is 1. The zero-order valence-corrected chi connectivity index (χ0v) is 14.4. The fraction of sp³-hybridized carbons (Fsp3) is 0.556. The largest absolute Gasteiger partial charge is 0.375 e. The molecule has 0 amide bonds. The van der Waals surface area contributed by atoms with Crippen LogP contribution in [0.15, 0.2) is 29.4 Å². The highest BCUT2D eigenvalue weighted by Gasteiger charge is 2.36. The molecule has 23 heavy (non-hydrogen) atoms. The molecule has 0 radical (unpaired) electrons. The Labute approximate surface area is 141 Å². The molecule has 4 rings (SSSR count). The van der Waals surface area contributed by atoms with Gasteiger partial charge in [-0.05, 0) is 56.6 Å². The highest BCUT2D eigenvalue weighted by Crippen LogP contribution is 2.37. The molecule has 1 atom stereocenters. The summed E-state index contributed by atoms with van der Waals surface area (Å²) in [5.74, 6) is 1.08. The fourth-order valence-electron chi connectivity index (χ4n) is 3.93. The zero-order valence-electron chi connectivity index (χ0n) is 13.6. The van der Waals surface area contributed by atoms with E-state index in [0.717, 1.165) is 37.5 Å². The Morgan fingerprint density at radius 3 is 2.87 bits per heavy atom. The average molecular weight is 329 g/mol. The number of aromatic nitrogens is 2. The maximum absolute atomic E-state index is 6.11. The predicted molar refractivity (Wildman–Crippen MR) is 95.3 cm³/mol. The molecule has 122 valence electrons. The van der Waals surface area contributed by atoms with Crippen LogP contribution in [0, 0.1) is 0 Å². The van der Waals surface area contributed by atoms with Crippen LogP contribution in [0.2, 0.25) is 0 Å². The lowest BCUT2D eigenvalue weighted by Crippen LogP contribution is -2.31. The summed E-state index contributed by atoms with van der Waals surface area (Å²) in [4.78, 5) is 12.8. The maximum atomic E-state index is 6.11. The molecule has 0 saturated carbocycles. The number of fused-ring (bicyclic) bond motifs is 1. The maximum Gasteiger partial charge on any atom is 0.139 e. The first-order chi connectivity index (χ1) is 11.3. The zero-order chi connectivity index (χ0) is 15.7. The van der Waals surface area contributed by atoms with Gasteiger partial charge in [0.1, 0.15) is 12.1 Å². The third-order valence-electron chi connectivity index (χ3n) is 5.20. The first-order valence-corrected chi connectivity index (χ1v) is 9.70. The van der Waals surface area contributed by atoms with E-state index in [1.165, 1.54) is 36.0 Å². The van der Waals surface area contributed by atoms with E-state index in [-0.39, 0.29) is 5.60 Å². The molecule has 2 aliphatic rings. The van der Waals surface area contributed by atoms with E-state index in [2.05, 4.69) is 39.3 Å². The number of anilines is 1. The molecule has 1 aromatic carbocycles. The standard InChI is InChI=1S/C18H23N3OS/c1-23-14-4-5-16-15(12-14)17(20-13-19-16)21-9-2-6-18(8-10-21)7-3-11-22-18/h4-5,12-13H,2-3,6-11H2,1H3. The number of nitrogens with zero attached hydrogens (tertiary/aromatic N) is 3. The summed E-state index contributed by atoms with van der Waals surface area (Å²) in [6, 6.07) is 6.46. The van der Waals surface area contributed by atoms with Crippen LogP contribution in [0.1, 0.15) is 32.1 Å². The van der Waals surface area contributed by atoms with E-state index in [1.54, 1.807) is 18.1 Å². The predicted octanol–water partition coefficient (Wildman–Crippen LogP) is 3.89. The van der Waals surface area contributed by atoms with Crippen LogP contribution < -0.4 is 4.90 Å². The Hall–Kier alpha value is -1.33. The third-order valence-corrected chi connectivity index (χ3v) is 5.93. The van der Waals surface area contributed by atoms with E-state index in [1.807, 2.05) is 0 Å². The van der Waals surface area contributed by atoms with Crippen molar-refractivity contribution in [3.05, 3.63) is 24.5 Å². The lowest BCUT2D eigenvalue weighted by Gasteiger charge is -2.27. The second-order valence-corrected chi connectivity index (χ2v) is 7.44. The van der Waals surface area contributed by atoms with Crippen molar-refractivity contribution in [3.8, 4) is 0 Å². The first-order valence-electron chi connectivity index (χ1n) is 8.47. The summed E-state index contributed by atoms with van der Waals surface area (Å²) >= 11 is 1.76. The molecule has 2 fully saturated rings. The molecule has 2 aliphatic heterocycles. The molecule has 0 bridgehead atoms. The molecule has 4 nitrogen and oxygen atoms in total. The van der Waals surface area contributed by atoms with Crippen molar-refractivity contribution in [2.75, 3.05) is 30.9 Å². The Morgan fingerprint density at radius 1 is 1.13 bits per heavy atom. The molecule has 2 aromatic rings. The normalized spacial score (nSPS) is 25.2. The molecule has 2 saturated heterocycles. The van der Waals surface area contributed by atoms with Crippen molar-refractivity contribution in [2.45, 2.75) is 42.6 Å². The van der Waals surface area contributed by atoms with Crippen molar-refractivity contribution in [2.24, 2.45) is 0 Å². The molecule has 0 N–H and O–H groups in total.